The molecule has 2 fully saturated rings. The van der Waals surface area contributed by atoms with E-state index in [4.69, 9.17) is 0 Å². The van der Waals surface area contributed by atoms with E-state index in [-0.39, 0.29) is 23.9 Å². The van der Waals surface area contributed by atoms with Crippen molar-refractivity contribution >= 4 is 11.8 Å². The number of benzene rings is 1. The molecule has 1 saturated heterocycles. The molecular formula is C22H32N2O2. The van der Waals surface area contributed by atoms with Gasteiger partial charge in [0.15, 0.2) is 0 Å². The maximum atomic E-state index is 12.3. The lowest BCUT2D eigenvalue weighted by atomic mass is 9.70. The van der Waals surface area contributed by atoms with Crippen LogP contribution < -0.4 is 10.6 Å². The molecule has 4 unspecified atom stereocenters. The van der Waals surface area contributed by atoms with E-state index in [0.717, 1.165) is 44.9 Å². The third-order valence-corrected chi connectivity index (χ3v) is 6.04. The topological polar surface area (TPSA) is 58.2 Å². The number of amides is 2. The Balaban J connectivity index is 1.43. The molecule has 4 atom stereocenters. The molecule has 1 aromatic carbocycles. The number of carbonyl (C=O) groups is 2. The molecule has 0 bridgehead atoms. The largest absolute Gasteiger partial charge is 0.353 e. The standard InChI is InChI=1S/C22H32N2O2/c1-2-7-17-14-22(26)24-20-15-18(12-13-19(17)20)23-21(25)11-6-10-16-8-4-3-5-9-16/h3-5,8-9,17-20H,2,6-7,10-15H2,1H3,(H,23,25)(H,24,26). The number of hydrogen-bond acceptors (Lipinski definition) is 2. The van der Waals surface area contributed by atoms with E-state index in [0.29, 0.717) is 24.7 Å². The fourth-order valence-electron chi connectivity index (χ4n) is 4.80. The lowest BCUT2D eigenvalue weighted by Gasteiger charge is -2.44. The minimum Gasteiger partial charge on any atom is -0.353 e. The summed E-state index contributed by atoms with van der Waals surface area (Å²) in [6.45, 7) is 2.20. The smallest absolute Gasteiger partial charge is 0.220 e. The lowest BCUT2D eigenvalue weighted by molar-refractivity contribution is -0.127. The zero-order chi connectivity index (χ0) is 18.4. The first-order valence-electron chi connectivity index (χ1n) is 10.3. The summed E-state index contributed by atoms with van der Waals surface area (Å²) in [6.07, 6.45) is 8.42. The van der Waals surface area contributed by atoms with Crippen LogP contribution in [0.2, 0.25) is 0 Å². The van der Waals surface area contributed by atoms with Crippen LogP contribution in [0, 0.1) is 11.8 Å². The van der Waals surface area contributed by atoms with Crippen LogP contribution in [0.1, 0.15) is 63.9 Å². The minimum absolute atomic E-state index is 0.150. The molecule has 1 saturated carbocycles. The second-order valence-electron chi connectivity index (χ2n) is 8.01. The van der Waals surface area contributed by atoms with Gasteiger partial charge in [0.25, 0.3) is 0 Å². The number of aryl methyl sites for hydroxylation is 1. The van der Waals surface area contributed by atoms with E-state index >= 15 is 0 Å². The molecule has 3 rings (SSSR count). The van der Waals surface area contributed by atoms with Gasteiger partial charge in [0, 0.05) is 24.9 Å². The van der Waals surface area contributed by atoms with Crippen molar-refractivity contribution in [1.82, 2.24) is 10.6 Å². The van der Waals surface area contributed by atoms with Crippen molar-refractivity contribution in [3.8, 4) is 0 Å². The second kappa shape index (κ2) is 9.20. The predicted molar refractivity (Wildman–Crippen MR) is 104 cm³/mol. The van der Waals surface area contributed by atoms with Crippen molar-refractivity contribution < 1.29 is 9.59 Å². The van der Waals surface area contributed by atoms with E-state index in [9.17, 15) is 9.59 Å². The van der Waals surface area contributed by atoms with Gasteiger partial charge in [-0.1, -0.05) is 43.7 Å². The maximum Gasteiger partial charge on any atom is 0.220 e. The molecule has 2 aliphatic rings. The Morgan fingerprint density at radius 3 is 2.81 bits per heavy atom. The number of hydrogen-bond donors (Lipinski definition) is 2. The lowest BCUT2D eigenvalue weighted by Crippen LogP contribution is -2.55. The van der Waals surface area contributed by atoms with Gasteiger partial charge >= 0.3 is 0 Å². The maximum absolute atomic E-state index is 12.3. The Hall–Kier alpha value is -1.84. The van der Waals surface area contributed by atoms with E-state index < -0.39 is 0 Å². The van der Waals surface area contributed by atoms with Gasteiger partial charge in [0.05, 0.1) is 0 Å². The summed E-state index contributed by atoms with van der Waals surface area (Å²) in [5.41, 5.74) is 1.28. The summed E-state index contributed by atoms with van der Waals surface area (Å²) in [5.74, 6) is 1.47. The van der Waals surface area contributed by atoms with Crippen molar-refractivity contribution in [2.75, 3.05) is 0 Å². The zero-order valence-corrected chi connectivity index (χ0v) is 15.9. The fourth-order valence-corrected chi connectivity index (χ4v) is 4.80. The van der Waals surface area contributed by atoms with Gasteiger partial charge in [-0.25, -0.2) is 0 Å². The van der Waals surface area contributed by atoms with Crippen molar-refractivity contribution in [2.45, 2.75) is 76.8 Å². The number of carbonyl (C=O) groups excluding carboxylic acids is 2. The Morgan fingerprint density at radius 1 is 1.23 bits per heavy atom. The average Bonchev–Trinajstić information content (AvgIpc) is 2.62. The molecule has 0 spiro atoms. The van der Waals surface area contributed by atoms with Crippen molar-refractivity contribution in [3.63, 3.8) is 0 Å². The highest BCUT2D eigenvalue weighted by atomic mass is 16.2. The molecule has 1 aliphatic heterocycles. The van der Waals surface area contributed by atoms with Gasteiger partial charge in [0.1, 0.15) is 0 Å². The molecule has 142 valence electrons. The van der Waals surface area contributed by atoms with Crippen LogP contribution in [-0.2, 0) is 16.0 Å². The van der Waals surface area contributed by atoms with Gasteiger partial charge in [-0.05, 0) is 55.9 Å². The SMILES string of the molecule is CCCC1CC(=O)NC2CC(NC(=O)CCCc3ccccc3)CCC12. The van der Waals surface area contributed by atoms with E-state index in [1.807, 2.05) is 18.2 Å². The molecule has 2 N–H and O–H groups in total. The third kappa shape index (κ3) is 5.09. The fraction of sp³-hybridized carbons (Fsp3) is 0.636. The van der Waals surface area contributed by atoms with Crippen molar-refractivity contribution in [2.24, 2.45) is 11.8 Å². The quantitative estimate of drug-likeness (QED) is 0.784. The molecule has 26 heavy (non-hydrogen) atoms. The summed E-state index contributed by atoms with van der Waals surface area (Å²) < 4.78 is 0. The molecule has 0 aromatic heterocycles. The average molecular weight is 357 g/mol. The van der Waals surface area contributed by atoms with Crippen LogP contribution in [0.25, 0.3) is 0 Å². The van der Waals surface area contributed by atoms with Gasteiger partial charge < -0.3 is 10.6 Å². The molecule has 1 heterocycles. The number of rotatable bonds is 7. The van der Waals surface area contributed by atoms with Crippen LogP contribution in [0.5, 0.6) is 0 Å². The highest BCUT2D eigenvalue weighted by Crippen LogP contribution is 2.37. The molecule has 1 aliphatic carbocycles. The van der Waals surface area contributed by atoms with E-state index in [1.54, 1.807) is 0 Å². The first-order chi connectivity index (χ1) is 12.7. The van der Waals surface area contributed by atoms with Gasteiger partial charge in [-0.3, -0.25) is 9.59 Å². The normalized spacial score (nSPS) is 28.1. The Kier molecular flexibility index (Phi) is 6.70. The van der Waals surface area contributed by atoms with Gasteiger partial charge in [0.2, 0.25) is 11.8 Å². The summed E-state index contributed by atoms with van der Waals surface area (Å²) in [6, 6.07) is 10.8. The molecule has 2 amide bonds. The Bertz CT molecular complexity index is 601. The number of nitrogens with one attached hydrogen (secondary N) is 2. The minimum atomic E-state index is 0.150. The third-order valence-electron chi connectivity index (χ3n) is 6.04. The van der Waals surface area contributed by atoms with Crippen molar-refractivity contribution in [1.29, 1.82) is 0 Å². The van der Waals surface area contributed by atoms with Gasteiger partial charge in [-0.2, -0.15) is 0 Å². The van der Waals surface area contributed by atoms with Crippen LogP contribution in [0.3, 0.4) is 0 Å². The van der Waals surface area contributed by atoms with Crippen molar-refractivity contribution in [3.05, 3.63) is 35.9 Å². The highest BCUT2D eigenvalue weighted by Gasteiger charge is 2.40. The molecule has 1 aromatic rings. The zero-order valence-electron chi connectivity index (χ0n) is 15.9. The van der Waals surface area contributed by atoms with E-state index in [1.165, 1.54) is 5.56 Å². The Morgan fingerprint density at radius 2 is 2.04 bits per heavy atom. The van der Waals surface area contributed by atoms with Crippen LogP contribution in [0.4, 0.5) is 0 Å². The summed E-state index contributed by atoms with van der Waals surface area (Å²) in [4.78, 5) is 24.3. The van der Waals surface area contributed by atoms with Gasteiger partial charge in [-0.15, -0.1) is 0 Å². The highest BCUT2D eigenvalue weighted by molar-refractivity contribution is 5.78. The first kappa shape index (κ1) is 18.9. The van der Waals surface area contributed by atoms with Crippen LogP contribution in [-0.4, -0.2) is 23.9 Å². The predicted octanol–water partition coefficient (Wildman–Crippen LogP) is 3.60. The number of fused-ring (bicyclic) bond motifs is 1. The summed E-state index contributed by atoms with van der Waals surface area (Å²) >= 11 is 0. The monoisotopic (exact) mass is 356 g/mol. The number of piperidine rings is 1. The molecule has 4 nitrogen and oxygen atoms in total. The van der Waals surface area contributed by atoms with Crippen LogP contribution >= 0.6 is 0 Å². The summed E-state index contributed by atoms with van der Waals surface area (Å²) in [7, 11) is 0. The summed E-state index contributed by atoms with van der Waals surface area (Å²) in [5, 5.41) is 6.39. The molecule has 4 heteroatoms. The molecule has 0 radical (unpaired) electrons. The second-order valence-corrected chi connectivity index (χ2v) is 8.01. The van der Waals surface area contributed by atoms with E-state index in [2.05, 4.69) is 29.7 Å². The molecular weight excluding hydrogens is 324 g/mol. The first-order valence-corrected chi connectivity index (χ1v) is 10.3. The van der Waals surface area contributed by atoms with Crippen LogP contribution in [0.15, 0.2) is 30.3 Å². The Labute approximate surface area is 157 Å².